The minimum atomic E-state index is -0.300. The van der Waals surface area contributed by atoms with Gasteiger partial charge in [0.1, 0.15) is 17.5 Å². The molecule has 0 saturated carbocycles. The Morgan fingerprint density at radius 2 is 2.00 bits per heavy atom. The Labute approximate surface area is 130 Å². The molecule has 0 aromatic heterocycles. The zero-order chi connectivity index (χ0) is 15.1. The highest BCUT2D eigenvalue weighted by Gasteiger charge is 2.47. The van der Waals surface area contributed by atoms with Crippen molar-refractivity contribution in [3.05, 3.63) is 28.2 Å². The van der Waals surface area contributed by atoms with E-state index >= 15 is 0 Å². The van der Waals surface area contributed by atoms with E-state index in [2.05, 4.69) is 43.6 Å². The van der Waals surface area contributed by atoms with Gasteiger partial charge in [0.15, 0.2) is 0 Å². The molecular formula is C16H24BrNO2. The second-order valence-corrected chi connectivity index (χ2v) is 7.66. The Bertz CT molecular complexity index is 497. The third-order valence-electron chi connectivity index (χ3n) is 3.72. The normalized spacial score (nSPS) is 25.4. The fraction of sp³-hybridized carbons (Fsp3) is 0.625. The van der Waals surface area contributed by atoms with Crippen LogP contribution in [0.1, 0.15) is 52.6 Å². The summed E-state index contributed by atoms with van der Waals surface area (Å²) in [6, 6.07) is 5.91. The number of nitrogens with two attached hydrogens (primary N) is 1. The van der Waals surface area contributed by atoms with E-state index in [9.17, 15) is 0 Å². The second kappa shape index (κ2) is 5.32. The van der Waals surface area contributed by atoms with Crippen LogP contribution in [0.4, 0.5) is 0 Å². The van der Waals surface area contributed by atoms with E-state index in [0.29, 0.717) is 0 Å². The largest absolute Gasteiger partial charge is 0.487 e. The van der Waals surface area contributed by atoms with Crippen molar-refractivity contribution in [3.8, 4) is 5.75 Å². The highest BCUT2D eigenvalue weighted by atomic mass is 79.9. The maximum atomic E-state index is 6.25. The van der Waals surface area contributed by atoms with E-state index in [4.69, 9.17) is 15.2 Å². The lowest BCUT2D eigenvalue weighted by Gasteiger charge is -2.28. The molecule has 0 radical (unpaired) electrons. The van der Waals surface area contributed by atoms with Crippen molar-refractivity contribution in [1.29, 1.82) is 0 Å². The van der Waals surface area contributed by atoms with Gasteiger partial charge in [0, 0.05) is 22.5 Å². The number of hydrogen-bond acceptors (Lipinski definition) is 3. The Balaban J connectivity index is 2.27. The zero-order valence-corrected chi connectivity index (χ0v) is 14.5. The summed E-state index contributed by atoms with van der Waals surface area (Å²) in [5.41, 5.74) is 6.61. The van der Waals surface area contributed by atoms with Crippen LogP contribution in [0, 0.1) is 0 Å². The topological polar surface area (TPSA) is 44.5 Å². The van der Waals surface area contributed by atoms with Gasteiger partial charge in [-0.05, 0) is 52.8 Å². The van der Waals surface area contributed by atoms with Crippen LogP contribution in [0.5, 0.6) is 5.75 Å². The standard InChI is InChI=1S/C16H24BrNO2/c1-10(18)12-8-11(17)6-7-13(12)19-14-9-15(2,3)20-16(14,4)5/h6-8,10,14H,9,18H2,1-5H3/t10-,14?/m0/s1. The molecular weight excluding hydrogens is 318 g/mol. The molecule has 4 heteroatoms. The van der Waals surface area contributed by atoms with E-state index in [1.807, 2.05) is 25.1 Å². The van der Waals surface area contributed by atoms with Gasteiger partial charge < -0.3 is 15.2 Å². The van der Waals surface area contributed by atoms with Crippen LogP contribution in [-0.2, 0) is 4.74 Å². The van der Waals surface area contributed by atoms with E-state index in [1.54, 1.807) is 0 Å². The van der Waals surface area contributed by atoms with Gasteiger partial charge in [0.2, 0.25) is 0 Å². The Morgan fingerprint density at radius 1 is 1.35 bits per heavy atom. The maximum absolute atomic E-state index is 6.25. The van der Waals surface area contributed by atoms with E-state index in [-0.39, 0.29) is 23.3 Å². The molecule has 3 nitrogen and oxygen atoms in total. The van der Waals surface area contributed by atoms with Crippen LogP contribution < -0.4 is 10.5 Å². The SMILES string of the molecule is C[C@H](N)c1cc(Br)ccc1OC1CC(C)(C)OC1(C)C. The van der Waals surface area contributed by atoms with E-state index in [0.717, 1.165) is 22.2 Å². The van der Waals surface area contributed by atoms with Crippen LogP contribution >= 0.6 is 15.9 Å². The number of ether oxygens (including phenoxy) is 2. The number of rotatable bonds is 3. The predicted octanol–water partition coefficient (Wildman–Crippen LogP) is 4.19. The number of benzene rings is 1. The summed E-state index contributed by atoms with van der Waals surface area (Å²) in [4.78, 5) is 0. The van der Waals surface area contributed by atoms with Crippen molar-refractivity contribution >= 4 is 15.9 Å². The van der Waals surface area contributed by atoms with Crippen LogP contribution in [-0.4, -0.2) is 17.3 Å². The molecule has 1 saturated heterocycles. The molecule has 1 aromatic carbocycles. The van der Waals surface area contributed by atoms with Crippen molar-refractivity contribution in [2.24, 2.45) is 5.73 Å². The predicted molar refractivity (Wildman–Crippen MR) is 85.0 cm³/mol. The monoisotopic (exact) mass is 341 g/mol. The summed E-state index contributed by atoms with van der Waals surface area (Å²) in [7, 11) is 0. The van der Waals surface area contributed by atoms with Crippen molar-refractivity contribution in [1.82, 2.24) is 0 Å². The first kappa shape index (κ1) is 15.8. The fourth-order valence-corrected chi connectivity index (χ4v) is 3.21. The lowest BCUT2D eigenvalue weighted by atomic mass is 9.97. The Kier molecular flexibility index (Phi) is 4.20. The Morgan fingerprint density at radius 3 is 2.50 bits per heavy atom. The third-order valence-corrected chi connectivity index (χ3v) is 4.22. The van der Waals surface area contributed by atoms with Crippen molar-refractivity contribution < 1.29 is 9.47 Å². The van der Waals surface area contributed by atoms with Gasteiger partial charge in [0.05, 0.1) is 5.60 Å². The molecule has 1 aromatic rings. The summed E-state index contributed by atoms with van der Waals surface area (Å²) < 4.78 is 13.3. The molecule has 1 unspecified atom stereocenters. The highest BCUT2D eigenvalue weighted by Crippen LogP contribution is 2.40. The van der Waals surface area contributed by atoms with Gasteiger partial charge in [-0.1, -0.05) is 15.9 Å². The molecule has 1 aliphatic rings. The first-order valence-electron chi connectivity index (χ1n) is 7.02. The lowest BCUT2D eigenvalue weighted by Crippen LogP contribution is -2.37. The first-order chi connectivity index (χ1) is 9.11. The summed E-state index contributed by atoms with van der Waals surface area (Å²) >= 11 is 3.48. The van der Waals surface area contributed by atoms with Gasteiger partial charge in [-0.2, -0.15) is 0 Å². The van der Waals surface area contributed by atoms with Gasteiger partial charge in [-0.25, -0.2) is 0 Å². The smallest absolute Gasteiger partial charge is 0.130 e. The lowest BCUT2D eigenvalue weighted by molar-refractivity contribution is -0.0847. The summed E-state index contributed by atoms with van der Waals surface area (Å²) in [6.07, 6.45) is 0.894. The molecule has 1 aliphatic heterocycles. The minimum Gasteiger partial charge on any atom is -0.487 e. The van der Waals surface area contributed by atoms with Crippen molar-refractivity contribution in [2.75, 3.05) is 0 Å². The molecule has 112 valence electrons. The second-order valence-electron chi connectivity index (χ2n) is 6.75. The molecule has 1 heterocycles. The summed E-state index contributed by atoms with van der Waals surface area (Å²) in [6.45, 7) is 10.3. The van der Waals surface area contributed by atoms with Gasteiger partial charge in [0.25, 0.3) is 0 Å². The summed E-state index contributed by atoms with van der Waals surface area (Å²) in [5, 5.41) is 0. The van der Waals surface area contributed by atoms with Gasteiger partial charge in [-0.15, -0.1) is 0 Å². The molecule has 2 atom stereocenters. The van der Waals surface area contributed by atoms with Crippen LogP contribution in [0.25, 0.3) is 0 Å². The molecule has 2 rings (SSSR count). The quantitative estimate of drug-likeness (QED) is 0.896. The number of halogens is 1. The van der Waals surface area contributed by atoms with Crippen LogP contribution in [0.2, 0.25) is 0 Å². The molecule has 0 spiro atoms. The average molecular weight is 342 g/mol. The van der Waals surface area contributed by atoms with Crippen LogP contribution in [0.15, 0.2) is 22.7 Å². The van der Waals surface area contributed by atoms with Gasteiger partial charge >= 0.3 is 0 Å². The molecule has 2 N–H and O–H groups in total. The van der Waals surface area contributed by atoms with Gasteiger partial charge in [-0.3, -0.25) is 0 Å². The zero-order valence-electron chi connectivity index (χ0n) is 12.9. The molecule has 20 heavy (non-hydrogen) atoms. The van der Waals surface area contributed by atoms with E-state index < -0.39 is 0 Å². The highest BCUT2D eigenvalue weighted by molar-refractivity contribution is 9.10. The first-order valence-corrected chi connectivity index (χ1v) is 7.82. The molecule has 1 fully saturated rings. The maximum Gasteiger partial charge on any atom is 0.130 e. The minimum absolute atomic E-state index is 0.0242. The molecule has 0 aliphatic carbocycles. The van der Waals surface area contributed by atoms with Crippen molar-refractivity contribution in [3.63, 3.8) is 0 Å². The fourth-order valence-electron chi connectivity index (χ4n) is 2.83. The summed E-state index contributed by atoms with van der Waals surface area (Å²) in [5.74, 6) is 0.850. The molecule has 0 amide bonds. The van der Waals surface area contributed by atoms with E-state index in [1.165, 1.54) is 0 Å². The van der Waals surface area contributed by atoms with Crippen LogP contribution in [0.3, 0.4) is 0 Å². The van der Waals surface area contributed by atoms with Crippen molar-refractivity contribution in [2.45, 2.75) is 64.4 Å². The number of hydrogen-bond donors (Lipinski definition) is 1. The third kappa shape index (κ3) is 3.35. The average Bonchev–Trinajstić information content (AvgIpc) is 2.48. The Hall–Kier alpha value is -0.580. The molecule has 0 bridgehead atoms.